The van der Waals surface area contributed by atoms with Crippen molar-refractivity contribution in [3.8, 4) is 0 Å². The molecule has 0 aliphatic carbocycles. The van der Waals surface area contributed by atoms with Crippen LogP contribution in [0.5, 0.6) is 0 Å². The molecule has 1 amide bonds. The molecule has 108 valence electrons. The van der Waals surface area contributed by atoms with Gasteiger partial charge in [0.25, 0.3) is 5.91 Å². The fourth-order valence-corrected chi connectivity index (χ4v) is 2.61. The summed E-state index contributed by atoms with van der Waals surface area (Å²) in [6.07, 6.45) is 0.392. The standard InChI is InChI=1S/C17H18N2O2/c1-21-16(12-5-3-2-4-6-12)17(20)19-14-7-8-15-13(11-14)9-10-18-15/h2-8,11,16,18H,9-10H2,1H3,(H,19,20). The first-order chi connectivity index (χ1) is 10.3. The Morgan fingerprint density at radius 1 is 1.24 bits per heavy atom. The van der Waals surface area contributed by atoms with E-state index in [2.05, 4.69) is 10.6 Å². The monoisotopic (exact) mass is 282 g/mol. The van der Waals surface area contributed by atoms with E-state index in [0.29, 0.717) is 0 Å². The maximum atomic E-state index is 12.4. The minimum atomic E-state index is -0.599. The molecule has 2 aromatic rings. The van der Waals surface area contributed by atoms with Gasteiger partial charge in [0.1, 0.15) is 0 Å². The third-order valence-electron chi connectivity index (χ3n) is 3.66. The van der Waals surface area contributed by atoms with Gasteiger partial charge in [-0.2, -0.15) is 0 Å². The van der Waals surface area contributed by atoms with Crippen molar-refractivity contribution in [2.75, 3.05) is 24.3 Å². The molecule has 4 heteroatoms. The van der Waals surface area contributed by atoms with Crippen LogP contribution >= 0.6 is 0 Å². The van der Waals surface area contributed by atoms with Gasteiger partial charge in [-0.3, -0.25) is 4.79 Å². The summed E-state index contributed by atoms with van der Waals surface area (Å²) in [7, 11) is 1.55. The second-order valence-corrected chi connectivity index (χ2v) is 5.06. The van der Waals surface area contributed by atoms with Gasteiger partial charge in [0.2, 0.25) is 0 Å². The van der Waals surface area contributed by atoms with E-state index < -0.39 is 6.10 Å². The number of benzene rings is 2. The predicted octanol–water partition coefficient (Wildman–Crippen LogP) is 2.98. The molecule has 0 saturated heterocycles. The van der Waals surface area contributed by atoms with Crippen molar-refractivity contribution in [3.63, 3.8) is 0 Å². The Bertz CT molecular complexity index is 640. The Kier molecular flexibility index (Phi) is 3.88. The summed E-state index contributed by atoms with van der Waals surface area (Å²) in [5, 5.41) is 6.23. The van der Waals surface area contributed by atoms with Crippen molar-refractivity contribution in [3.05, 3.63) is 59.7 Å². The van der Waals surface area contributed by atoms with Gasteiger partial charge in [0.15, 0.2) is 6.10 Å². The van der Waals surface area contributed by atoms with Gasteiger partial charge in [-0.1, -0.05) is 30.3 Å². The number of fused-ring (bicyclic) bond motifs is 1. The Morgan fingerprint density at radius 3 is 2.81 bits per heavy atom. The normalized spacial score (nSPS) is 14.1. The van der Waals surface area contributed by atoms with Crippen LogP contribution < -0.4 is 10.6 Å². The molecular weight excluding hydrogens is 264 g/mol. The molecule has 0 aromatic heterocycles. The molecule has 1 heterocycles. The Hall–Kier alpha value is -2.33. The number of hydrogen-bond acceptors (Lipinski definition) is 3. The van der Waals surface area contributed by atoms with Gasteiger partial charge in [-0.05, 0) is 35.7 Å². The second-order valence-electron chi connectivity index (χ2n) is 5.06. The maximum Gasteiger partial charge on any atom is 0.258 e. The highest BCUT2D eigenvalue weighted by Gasteiger charge is 2.20. The van der Waals surface area contributed by atoms with E-state index in [0.717, 1.165) is 29.9 Å². The molecule has 0 bridgehead atoms. The molecule has 1 unspecified atom stereocenters. The number of nitrogens with one attached hydrogen (secondary N) is 2. The highest BCUT2D eigenvalue weighted by atomic mass is 16.5. The quantitative estimate of drug-likeness (QED) is 0.906. The highest BCUT2D eigenvalue weighted by Crippen LogP contribution is 2.26. The zero-order valence-electron chi connectivity index (χ0n) is 11.9. The van der Waals surface area contributed by atoms with E-state index in [1.165, 1.54) is 5.56 Å². The third-order valence-corrected chi connectivity index (χ3v) is 3.66. The summed E-state index contributed by atoms with van der Waals surface area (Å²) in [6, 6.07) is 15.4. The zero-order valence-corrected chi connectivity index (χ0v) is 11.9. The number of methoxy groups -OCH3 is 1. The van der Waals surface area contributed by atoms with Crippen molar-refractivity contribution in [2.24, 2.45) is 0 Å². The lowest BCUT2D eigenvalue weighted by Crippen LogP contribution is -2.22. The van der Waals surface area contributed by atoms with E-state index >= 15 is 0 Å². The van der Waals surface area contributed by atoms with Crippen LogP contribution in [-0.2, 0) is 16.0 Å². The van der Waals surface area contributed by atoms with Crippen LogP contribution in [0.25, 0.3) is 0 Å². The minimum absolute atomic E-state index is 0.158. The van der Waals surface area contributed by atoms with E-state index in [-0.39, 0.29) is 5.91 Å². The smallest absolute Gasteiger partial charge is 0.258 e. The Labute approximate surface area is 124 Å². The highest BCUT2D eigenvalue weighted by molar-refractivity contribution is 5.95. The zero-order chi connectivity index (χ0) is 14.7. The van der Waals surface area contributed by atoms with Crippen LogP contribution in [0.3, 0.4) is 0 Å². The summed E-state index contributed by atoms with van der Waals surface area (Å²) >= 11 is 0. The van der Waals surface area contributed by atoms with Gasteiger partial charge in [0, 0.05) is 25.0 Å². The van der Waals surface area contributed by atoms with E-state index in [4.69, 9.17) is 4.74 Å². The molecule has 1 aliphatic heterocycles. The molecule has 0 fully saturated rings. The molecule has 2 aromatic carbocycles. The Balaban J connectivity index is 1.76. The molecule has 0 spiro atoms. The molecule has 3 rings (SSSR count). The van der Waals surface area contributed by atoms with Crippen LogP contribution in [0.4, 0.5) is 11.4 Å². The maximum absolute atomic E-state index is 12.4. The summed E-state index contributed by atoms with van der Waals surface area (Å²) in [5.41, 5.74) is 4.04. The minimum Gasteiger partial charge on any atom is -0.384 e. The summed E-state index contributed by atoms with van der Waals surface area (Å²) in [6.45, 7) is 0.956. The largest absolute Gasteiger partial charge is 0.384 e. The topological polar surface area (TPSA) is 50.4 Å². The number of rotatable bonds is 4. The molecule has 2 N–H and O–H groups in total. The van der Waals surface area contributed by atoms with Gasteiger partial charge < -0.3 is 15.4 Å². The van der Waals surface area contributed by atoms with Gasteiger partial charge >= 0.3 is 0 Å². The lowest BCUT2D eigenvalue weighted by atomic mass is 10.1. The summed E-state index contributed by atoms with van der Waals surface area (Å²) < 4.78 is 5.34. The molecule has 0 radical (unpaired) electrons. The number of hydrogen-bond donors (Lipinski definition) is 2. The third kappa shape index (κ3) is 2.90. The van der Waals surface area contributed by atoms with Gasteiger partial charge in [-0.25, -0.2) is 0 Å². The second kappa shape index (κ2) is 5.97. The van der Waals surface area contributed by atoms with Crippen LogP contribution in [-0.4, -0.2) is 19.6 Å². The van der Waals surface area contributed by atoms with Crippen molar-refractivity contribution in [2.45, 2.75) is 12.5 Å². The first kappa shape index (κ1) is 13.6. The molecular formula is C17H18N2O2. The molecule has 1 atom stereocenters. The number of ether oxygens (including phenoxy) is 1. The molecule has 21 heavy (non-hydrogen) atoms. The van der Waals surface area contributed by atoms with Crippen molar-refractivity contribution < 1.29 is 9.53 Å². The van der Waals surface area contributed by atoms with Crippen molar-refractivity contribution >= 4 is 17.3 Å². The SMILES string of the molecule is COC(C(=O)Nc1ccc2c(c1)CCN2)c1ccccc1. The number of carbonyl (C=O) groups excluding carboxylic acids is 1. The lowest BCUT2D eigenvalue weighted by Gasteiger charge is -2.16. The van der Waals surface area contributed by atoms with Crippen molar-refractivity contribution in [1.82, 2.24) is 0 Å². The summed E-state index contributed by atoms with van der Waals surface area (Å²) in [5.74, 6) is -0.158. The fourth-order valence-electron chi connectivity index (χ4n) is 2.61. The van der Waals surface area contributed by atoms with E-state index in [1.54, 1.807) is 7.11 Å². The summed E-state index contributed by atoms with van der Waals surface area (Å²) in [4.78, 5) is 12.4. The fraction of sp³-hybridized carbons (Fsp3) is 0.235. The van der Waals surface area contributed by atoms with Crippen LogP contribution in [0, 0.1) is 0 Å². The van der Waals surface area contributed by atoms with E-state index in [1.807, 2.05) is 48.5 Å². The number of carbonyl (C=O) groups is 1. The van der Waals surface area contributed by atoms with Crippen LogP contribution in [0.1, 0.15) is 17.2 Å². The van der Waals surface area contributed by atoms with Gasteiger partial charge in [-0.15, -0.1) is 0 Å². The van der Waals surface area contributed by atoms with Gasteiger partial charge in [0.05, 0.1) is 0 Å². The average Bonchev–Trinajstić information content (AvgIpc) is 2.96. The predicted molar refractivity (Wildman–Crippen MR) is 83.5 cm³/mol. The molecule has 0 saturated carbocycles. The molecule has 4 nitrogen and oxygen atoms in total. The first-order valence-corrected chi connectivity index (χ1v) is 7.03. The average molecular weight is 282 g/mol. The molecule has 1 aliphatic rings. The number of amides is 1. The van der Waals surface area contributed by atoms with E-state index in [9.17, 15) is 4.79 Å². The van der Waals surface area contributed by atoms with Crippen LogP contribution in [0.2, 0.25) is 0 Å². The van der Waals surface area contributed by atoms with Crippen molar-refractivity contribution in [1.29, 1.82) is 0 Å². The lowest BCUT2D eigenvalue weighted by molar-refractivity contribution is -0.126. The Morgan fingerprint density at radius 2 is 2.05 bits per heavy atom. The first-order valence-electron chi connectivity index (χ1n) is 7.03. The number of anilines is 2. The van der Waals surface area contributed by atoms with Crippen LogP contribution in [0.15, 0.2) is 48.5 Å².